The van der Waals surface area contributed by atoms with Crippen LogP contribution in [0.15, 0.2) is 156 Å². The molecule has 4 heterocycles. The second kappa shape index (κ2) is 9.38. The molecule has 3 nitrogen and oxygen atoms in total. The van der Waals surface area contributed by atoms with Gasteiger partial charge in [-0.25, -0.2) is 0 Å². The second-order valence-electron chi connectivity index (χ2n) is 12.4. The van der Waals surface area contributed by atoms with Gasteiger partial charge >= 0.3 is 0 Å². The van der Waals surface area contributed by atoms with Gasteiger partial charge in [0.25, 0.3) is 6.71 Å². The van der Waals surface area contributed by atoms with E-state index < -0.39 is 0 Å². The smallest absolute Gasteiger partial charge is 0.252 e. The first-order chi connectivity index (χ1) is 23.3. The van der Waals surface area contributed by atoms with Gasteiger partial charge in [-0.1, -0.05) is 91.0 Å². The number of hydrogen-bond donors (Lipinski definition) is 0. The normalized spacial score (nSPS) is 13.4. The number of anilines is 6. The van der Waals surface area contributed by atoms with Gasteiger partial charge in [0.05, 0.1) is 16.8 Å². The van der Waals surface area contributed by atoms with Crippen molar-refractivity contribution in [3.8, 4) is 0 Å². The van der Waals surface area contributed by atoms with Gasteiger partial charge in [-0.2, -0.15) is 0 Å². The van der Waals surface area contributed by atoms with E-state index in [0.29, 0.717) is 0 Å². The summed E-state index contributed by atoms with van der Waals surface area (Å²) in [7, 11) is 0. The van der Waals surface area contributed by atoms with E-state index in [4.69, 9.17) is 4.42 Å². The zero-order valence-electron chi connectivity index (χ0n) is 25.2. The summed E-state index contributed by atoms with van der Waals surface area (Å²) in [5, 5.41) is 4.88. The van der Waals surface area contributed by atoms with Gasteiger partial charge in [0, 0.05) is 48.3 Å². The Morgan fingerprint density at radius 3 is 1.68 bits per heavy atom. The molecule has 5 heteroatoms. The molecule has 0 amide bonds. The molecule has 218 valence electrons. The van der Waals surface area contributed by atoms with E-state index in [2.05, 4.69) is 155 Å². The Hall–Kier alpha value is -5.78. The Balaban J connectivity index is 1.25. The van der Waals surface area contributed by atoms with Crippen LogP contribution in [-0.2, 0) is 0 Å². The Labute approximate surface area is 275 Å². The van der Waals surface area contributed by atoms with Crippen molar-refractivity contribution in [2.45, 2.75) is 0 Å². The predicted molar refractivity (Wildman–Crippen MR) is 201 cm³/mol. The molecule has 2 aliphatic rings. The Morgan fingerprint density at radius 2 is 0.915 bits per heavy atom. The molecule has 0 saturated carbocycles. The molecular formula is C42H25BN2OS. The fourth-order valence-electron chi connectivity index (χ4n) is 8.24. The van der Waals surface area contributed by atoms with Crippen molar-refractivity contribution in [2.24, 2.45) is 0 Å². The van der Waals surface area contributed by atoms with Crippen LogP contribution in [0.25, 0.3) is 42.1 Å². The third kappa shape index (κ3) is 3.36. The van der Waals surface area contributed by atoms with E-state index in [1.165, 1.54) is 65.0 Å². The lowest BCUT2D eigenvalue weighted by Gasteiger charge is -2.44. The Morgan fingerprint density at radius 1 is 0.404 bits per heavy atom. The topological polar surface area (TPSA) is 19.6 Å². The van der Waals surface area contributed by atoms with E-state index in [0.717, 1.165) is 27.6 Å². The van der Waals surface area contributed by atoms with Crippen molar-refractivity contribution in [3.05, 3.63) is 152 Å². The number of furan rings is 1. The lowest BCUT2D eigenvalue weighted by atomic mass is 9.33. The van der Waals surface area contributed by atoms with Gasteiger partial charge < -0.3 is 14.2 Å². The van der Waals surface area contributed by atoms with Crippen LogP contribution >= 0.6 is 11.3 Å². The van der Waals surface area contributed by atoms with Crippen LogP contribution in [0.3, 0.4) is 0 Å². The predicted octanol–water partition coefficient (Wildman–Crippen LogP) is 10.0. The molecule has 0 aliphatic carbocycles. The van der Waals surface area contributed by atoms with Crippen LogP contribution in [0, 0.1) is 0 Å². The maximum Gasteiger partial charge on any atom is 0.252 e. The molecule has 7 aromatic carbocycles. The zero-order valence-corrected chi connectivity index (χ0v) is 26.0. The van der Waals surface area contributed by atoms with Crippen LogP contribution in [0.5, 0.6) is 0 Å². The van der Waals surface area contributed by atoms with Gasteiger partial charge in [0.2, 0.25) is 0 Å². The molecular weight excluding hydrogens is 591 g/mol. The third-order valence-corrected chi connectivity index (χ3v) is 11.2. The third-order valence-electron chi connectivity index (χ3n) is 10.1. The molecule has 2 aromatic heterocycles. The highest BCUT2D eigenvalue weighted by Gasteiger charge is 2.43. The lowest BCUT2D eigenvalue weighted by Crippen LogP contribution is -2.61. The number of fused-ring (bicyclic) bond motifs is 10. The van der Waals surface area contributed by atoms with Crippen LogP contribution in [-0.4, -0.2) is 6.71 Å². The average Bonchev–Trinajstić information content (AvgIpc) is 3.70. The highest BCUT2D eigenvalue weighted by atomic mass is 32.1. The number of nitrogens with zero attached hydrogens (tertiary/aromatic N) is 2. The van der Waals surface area contributed by atoms with Gasteiger partial charge in [0.1, 0.15) is 11.2 Å². The molecule has 0 saturated heterocycles. The highest BCUT2D eigenvalue weighted by Crippen LogP contribution is 2.49. The summed E-state index contributed by atoms with van der Waals surface area (Å²) in [5.74, 6) is 0. The summed E-state index contributed by atoms with van der Waals surface area (Å²) in [4.78, 5) is 4.99. The molecule has 2 aliphatic heterocycles. The summed E-state index contributed by atoms with van der Waals surface area (Å²) < 4.78 is 9.01. The van der Waals surface area contributed by atoms with Crippen LogP contribution in [0.4, 0.5) is 34.1 Å². The maximum atomic E-state index is 6.39. The standard InChI is InChI=1S/C42H25BN2OS/c1-7-22-36-26(12-1)40-32(18-10-23-37(40)46-36)44-30-16-5-3-14-28(30)43-29-15-4-6-17-31(29)45(35-21-9-20-34(44)42(35)43)33-19-11-25-39-41(33)27-13-2-8-24-38(27)47-39/h1-25H. The number of thiophene rings is 1. The quantitative estimate of drug-likeness (QED) is 0.180. The first-order valence-corrected chi connectivity index (χ1v) is 16.9. The first-order valence-electron chi connectivity index (χ1n) is 16.1. The van der Waals surface area contributed by atoms with Crippen LogP contribution in [0.1, 0.15) is 0 Å². The lowest BCUT2D eigenvalue weighted by molar-refractivity contribution is 0.669. The molecule has 0 bridgehead atoms. The van der Waals surface area contributed by atoms with Crippen LogP contribution < -0.4 is 26.2 Å². The molecule has 0 fully saturated rings. The van der Waals surface area contributed by atoms with Crippen molar-refractivity contribution in [3.63, 3.8) is 0 Å². The fraction of sp³-hybridized carbons (Fsp3) is 0. The van der Waals surface area contributed by atoms with Crippen molar-refractivity contribution < 1.29 is 4.42 Å². The molecule has 0 N–H and O–H groups in total. The largest absolute Gasteiger partial charge is 0.456 e. The minimum atomic E-state index is 0.0971. The molecule has 0 unspecified atom stereocenters. The van der Waals surface area contributed by atoms with E-state index in [-0.39, 0.29) is 6.71 Å². The van der Waals surface area contributed by atoms with Crippen LogP contribution in [0.2, 0.25) is 0 Å². The summed E-state index contributed by atoms with van der Waals surface area (Å²) >= 11 is 1.87. The van der Waals surface area contributed by atoms with Gasteiger partial charge in [-0.3, -0.25) is 0 Å². The summed E-state index contributed by atoms with van der Waals surface area (Å²) in [6, 6.07) is 55.2. The Kier molecular flexibility index (Phi) is 5.07. The highest BCUT2D eigenvalue weighted by molar-refractivity contribution is 7.26. The molecule has 9 aromatic rings. The van der Waals surface area contributed by atoms with E-state index in [1.807, 2.05) is 17.4 Å². The number of benzene rings is 7. The van der Waals surface area contributed by atoms with E-state index in [1.54, 1.807) is 0 Å². The minimum absolute atomic E-state index is 0.0971. The van der Waals surface area contributed by atoms with E-state index >= 15 is 0 Å². The van der Waals surface area contributed by atoms with Gasteiger partial charge in [0.15, 0.2) is 0 Å². The van der Waals surface area contributed by atoms with Crippen molar-refractivity contribution in [1.82, 2.24) is 0 Å². The van der Waals surface area contributed by atoms with Crippen molar-refractivity contribution >= 4 is 111 Å². The minimum Gasteiger partial charge on any atom is -0.456 e. The fourth-order valence-corrected chi connectivity index (χ4v) is 9.37. The van der Waals surface area contributed by atoms with Gasteiger partial charge in [-0.15, -0.1) is 11.3 Å². The van der Waals surface area contributed by atoms with Crippen molar-refractivity contribution in [2.75, 3.05) is 9.80 Å². The second-order valence-corrected chi connectivity index (χ2v) is 13.5. The number of rotatable bonds is 2. The van der Waals surface area contributed by atoms with Gasteiger partial charge in [-0.05, 0) is 77.1 Å². The number of hydrogen-bond acceptors (Lipinski definition) is 4. The summed E-state index contributed by atoms with van der Waals surface area (Å²) in [5.41, 5.74) is 13.0. The molecule has 0 atom stereocenters. The number of para-hydroxylation sites is 3. The molecule has 11 rings (SSSR count). The molecule has 0 radical (unpaired) electrons. The molecule has 47 heavy (non-hydrogen) atoms. The molecule has 0 spiro atoms. The summed E-state index contributed by atoms with van der Waals surface area (Å²) in [6.07, 6.45) is 0. The maximum absolute atomic E-state index is 6.39. The zero-order chi connectivity index (χ0) is 30.6. The van der Waals surface area contributed by atoms with E-state index in [9.17, 15) is 0 Å². The average molecular weight is 617 g/mol. The Bertz CT molecular complexity index is 2560. The van der Waals surface area contributed by atoms with Crippen molar-refractivity contribution in [1.29, 1.82) is 0 Å². The SMILES string of the molecule is c1ccc2c(c1)B1c3ccccc3N(c3cccc4sc5ccccc5c34)c3cccc(c31)N2c1cccc2oc3ccccc3c12. The monoisotopic (exact) mass is 616 g/mol. The first kappa shape index (κ1) is 25.4. The summed E-state index contributed by atoms with van der Waals surface area (Å²) in [6.45, 7) is 0.0971.